The summed E-state index contributed by atoms with van der Waals surface area (Å²) in [4.78, 5) is -0.451. The SMILES string of the molecule is NCCNS(=O)(=O)c1cc(F)cc(F)c1. The average Bonchev–Trinajstić information content (AvgIpc) is 2.13. The van der Waals surface area contributed by atoms with Crippen LogP contribution < -0.4 is 10.5 Å². The van der Waals surface area contributed by atoms with E-state index in [9.17, 15) is 17.2 Å². The Morgan fingerprint density at radius 1 is 1.20 bits per heavy atom. The van der Waals surface area contributed by atoms with Crippen LogP contribution >= 0.6 is 0 Å². The van der Waals surface area contributed by atoms with Gasteiger partial charge < -0.3 is 5.73 Å². The maximum Gasteiger partial charge on any atom is 0.240 e. The molecule has 1 rings (SSSR count). The summed E-state index contributed by atoms with van der Waals surface area (Å²) in [5, 5.41) is 0. The highest BCUT2D eigenvalue weighted by Crippen LogP contribution is 2.12. The van der Waals surface area contributed by atoms with E-state index < -0.39 is 26.6 Å². The first kappa shape index (κ1) is 12.0. The van der Waals surface area contributed by atoms with Crippen LogP contribution in [0.1, 0.15) is 0 Å². The van der Waals surface area contributed by atoms with Crippen molar-refractivity contribution < 1.29 is 17.2 Å². The summed E-state index contributed by atoms with van der Waals surface area (Å²) in [6.07, 6.45) is 0. The van der Waals surface area contributed by atoms with Crippen LogP contribution in [-0.2, 0) is 10.0 Å². The maximum atomic E-state index is 12.7. The van der Waals surface area contributed by atoms with E-state index in [0.29, 0.717) is 6.07 Å². The van der Waals surface area contributed by atoms with Gasteiger partial charge in [-0.15, -0.1) is 0 Å². The van der Waals surface area contributed by atoms with Crippen molar-refractivity contribution in [1.29, 1.82) is 0 Å². The molecule has 0 saturated heterocycles. The van der Waals surface area contributed by atoms with Gasteiger partial charge in [-0.1, -0.05) is 0 Å². The highest BCUT2D eigenvalue weighted by atomic mass is 32.2. The Morgan fingerprint density at radius 2 is 1.73 bits per heavy atom. The van der Waals surface area contributed by atoms with E-state index in [1.807, 2.05) is 0 Å². The third kappa shape index (κ3) is 3.22. The number of nitrogens with one attached hydrogen (secondary N) is 1. The van der Waals surface area contributed by atoms with Gasteiger partial charge in [0, 0.05) is 19.2 Å². The summed E-state index contributed by atoms with van der Waals surface area (Å²) in [5.41, 5.74) is 5.10. The minimum atomic E-state index is -3.88. The predicted molar refractivity (Wildman–Crippen MR) is 50.6 cm³/mol. The minimum Gasteiger partial charge on any atom is -0.329 e. The number of benzene rings is 1. The van der Waals surface area contributed by atoms with Crippen molar-refractivity contribution >= 4 is 10.0 Å². The molecule has 0 aliphatic rings. The lowest BCUT2D eigenvalue weighted by molar-refractivity contribution is 0.561. The zero-order valence-electron chi connectivity index (χ0n) is 7.70. The third-order valence-corrected chi connectivity index (χ3v) is 3.02. The molecule has 7 heteroatoms. The number of rotatable bonds is 4. The van der Waals surface area contributed by atoms with Crippen LogP contribution in [0.3, 0.4) is 0 Å². The van der Waals surface area contributed by atoms with E-state index in [4.69, 9.17) is 5.73 Å². The molecule has 0 saturated carbocycles. The number of hydrogen-bond donors (Lipinski definition) is 2. The molecule has 3 N–H and O–H groups in total. The lowest BCUT2D eigenvalue weighted by Crippen LogP contribution is -2.29. The summed E-state index contributed by atoms with van der Waals surface area (Å²) >= 11 is 0. The van der Waals surface area contributed by atoms with Gasteiger partial charge in [0.05, 0.1) is 4.90 Å². The van der Waals surface area contributed by atoms with Gasteiger partial charge >= 0.3 is 0 Å². The Hall–Kier alpha value is -1.05. The Labute approximate surface area is 86.1 Å². The predicted octanol–water partition coefficient (Wildman–Crippen LogP) is 0.202. The van der Waals surface area contributed by atoms with Crippen LogP contribution in [0, 0.1) is 11.6 Å². The Morgan fingerprint density at radius 3 is 2.20 bits per heavy atom. The Kier molecular flexibility index (Phi) is 3.72. The van der Waals surface area contributed by atoms with Crippen LogP contribution in [0.4, 0.5) is 8.78 Å². The van der Waals surface area contributed by atoms with E-state index in [1.165, 1.54) is 0 Å². The summed E-state index contributed by atoms with van der Waals surface area (Å²) in [6.45, 7) is 0.123. The average molecular weight is 236 g/mol. The fourth-order valence-electron chi connectivity index (χ4n) is 0.960. The molecule has 0 aromatic heterocycles. The topological polar surface area (TPSA) is 72.2 Å². The van der Waals surface area contributed by atoms with Crippen LogP contribution in [0.5, 0.6) is 0 Å². The number of nitrogens with two attached hydrogens (primary N) is 1. The fourth-order valence-corrected chi connectivity index (χ4v) is 2.05. The normalized spacial score (nSPS) is 11.7. The molecule has 0 amide bonds. The molecule has 0 aliphatic heterocycles. The molecule has 0 atom stereocenters. The Bertz CT molecular complexity index is 428. The van der Waals surface area contributed by atoms with Crippen LogP contribution in [0.15, 0.2) is 23.1 Å². The van der Waals surface area contributed by atoms with Crippen LogP contribution in [0.2, 0.25) is 0 Å². The molecule has 1 aromatic rings. The van der Waals surface area contributed by atoms with E-state index in [1.54, 1.807) is 0 Å². The van der Waals surface area contributed by atoms with E-state index in [-0.39, 0.29) is 13.1 Å². The van der Waals surface area contributed by atoms with Crippen molar-refractivity contribution in [1.82, 2.24) is 4.72 Å². The van der Waals surface area contributed by atoms with Crippen molar-refractivity contribution in [3.63, 3.8) is 0 Å². The lowest BCUT2D eigenvalue weighted by Gasteiger charge is -2.05. The molecule has 0 aliphatic carbocycles. The second-order valence-electron chi connectivity index (χ2n) is 2.79. The number of sulfonamides is 1. The first-order valence-corrected chi connectivity index (χ1v) is 5.60. The molecule has 0 bridgehead atoms. The van der Waals surface area contributed by atoms with E-state index in [2.05, 4.69) is 4.72 Å². The van der Waals surface area contributed by atoms with Gasteiger partial charge in [-0.2, -0.15) is 0 Å². The molecule has 0 spiro atoms. The standard InChI is InChI=1S/C8H10F2N2O2S/c9-6-3-7(10)5-8(4-6)15(13,14)12-2-1-11/h3-5,12H,1-2,11H2. The minimum absolute atomic E-state index is 0.0144. The molecule has 0 radical (unpaired) electrons. The molecular formula is C8H10F2N2O2S. The van der Waals surface area contributed by atoms with Gasteiger partial charge in [-0.05, 0) is 12.1 Å². The van der Waals surface area contributed by atoms with Gasteiger partial charge in [-0.25, -0.2) is 21.9 Å². The second-order valence-corrected chi connectivity index (χ2v) is 4.56. The highest BCUT2D eigenvalue weighted by Gasteiger charge is 2.15. The second kappa shape index (κ2) is 4.65. The quantitative estimate of drug-likeness (QED) is 0.784. The lowest BCUT2D eigenvalue weighted by atomic mass is 10.3. The fraction of sp³-hybridized carbons (Fsp3) is 0.250. The molecule has 0 unspecified atom stereocenters. The molecule has 1 aromatic carbocycles. The molecule has 0 heterocycles. The molecule has 4 nitrogen and oxygen atoms in total. The van der Waals surface area contributed by atoms with Gasteiger partial charge in [0.1, 0.15) is 11.6 Å². The van der Waals surface area contributed by atoms with Gasteiger partial charge in [0.2, 0.25) is 10.0 Å². The van der Waals surface area contributed by atoms with Crippen molar-refractivity contribution in [2.75, 3.05) is 13.1 Å². The Balaban J connectivity index is 3.04. The first-order valence-electron chi connectivity index (χ1n) is 4.11. The third-order valence-electron chi connectivity index (χ3n) is 1.58. The molecular weight excluding hydrogens is 226 g/mol. The van der Waals surface area contributed by atoms with Crippen molar-refractivity contribution in [3.05, 3.63) is 29.8 Å². The van der Waals surface area contributed by atoms with Crippen molar-refractivity contribution in [2.24, 2.45) is 5.73 Å². The van der Waals surface area contributed by atoms with Gasteiger partial charge in [0.25, 0.3) is 0 Å². The molecule has 0 fully saturated rings. The monoisotopic (exact) mass is 236 g/mol. The summed E-state index contributed by atoms with van der Waals surface area (Å²) in [7, 11) is -3.88. The van der Waals surface area contributed by atoms with Crippen LogP contribution in [0.25, 0.3) is 0 Å². The summed E-state index contributed by atoms with van der Waals surface area (Å²) in [6, 6.07) is 2.08. The van der Waals surface area contributed by atoms with Crippen molar-refractivity contribution in [2.45, 2.75) is 4.90 Å². The molecule has 84 valence electrons. The van der Waals surface area contributed by atoms with Crippen molar-refractivity contribution in [3.8, 4) is 0 Å². The smallest absolute Gasteiger partial charge is 0.240 e. The first-order chi connectivity index (χ1) is 6.95. The van der Waals surface area contributed by atoms with Gasteiger partial charge in [0.15, 0.2) is 0 Å². The maximum absolute atomic E-state index is 12.7. The van der Waals surface area contributed by atoms with Gasteiger partial charge in [-0.3, -0.25) is 0 Å². The zero-order valence-corrected chi connectivity index (χ0v) is 8.52. The van der Waals surface area contributed by atoms with Crippen LogP contribution in [-0.4, -0.2) is 21.5 Å². The number of hydrogen-bond acceptors (Lipinski definition) is 3. The number of halogens is 2. The van der Waals surface area contributed by atoms with E-state index in [0.717, 1.165) is 12.1 Å². The summed E-state index contributed by atoms with van der Waals surface area (Å²) < 4.78 is 50.3. The molecule has 15 heavy (non-hydrogen) atoms. The zero-order chi connectivity index (χ0) is 11.5. The summed E-state index contributed by atoms with van der Waals surface area (Å²) in [5.74, 6) is -1.88. The largest absolute Gasteiger partial charge is 0.329 e. The highest BCUT2D eigenvalue weighted by molar-refractivity contribution is 7.89. The van der Waals surface area contributed by atoms with E-state index >= 15 is 0 Å².